The van der Waals surface area contributed by atoms with Crippen molar-refractivity contribution in [2.24, 2.45) is 63.9 Å². The minimum Gasteiger partial charge on any atom is -0.324 e. The summed E-state index contributed by atoms with van der Waals surface area (Å²) in [5.74, 6) is 9.82. The van der Waals surface area contributed by atoms with Crippen LogP contribution in [-0.4, -0.2) is 81.3 Å². The molecule has 62 heavy (non-hydrogen) atoms. The molecule has 8 heteroatoms. The zero-order valence-corrected chi connectivity index (χ0v) is 38.8. The first-order valence-electron chi connectivity index (χ1n) is 25.9. The summed E-state index contributed by atoms with van der Waals surface area (Å²) in [6.07, 6.45) is 18.1. The van der Waals surface area contributed by atoms with Gasteiger partial charge in [-0.1, -0.05) is 52.0 Å². The minimum absolute atomic E-state index is 0.353. The van der Waals surface area contributed by atoms with Gasteiger partial charge in [-0.3, -0.25) is 0 Å². The third-order valence-electron chi connectivity index (χ3n) is 20.5. The standard InChI is InChI=1S/C54H78N8/c1-52(2)38-16-15-37(44(52)29-38)33-59-24-20-41(21-25-59)62-49-14-8-6-12-47(49)58-51(62)54(55)22-17-35(31-54)42-28-39-30-45(53(39,3)4)43(42)34-60-26-18-40(19-27-60)61-48-13-7-5-11-46(48)57-50(61)36-10-9-23-56-32-36/h5-8,11-14,35-45,56H,9-10,15-34,55H2,1-4H3. The number of nitrogens with zero attached hydrogens (tertiary/aromatic N) is 6. The van der Waals surface area contributed by atoms with E-state index in [4.69, 9.17) is 15.7 Å². The number of hydrogen-bond acceptors (Lipinski definition) is 6. The highest BCUT2D eigenvalue weighted by atomic mass is 15.2. The molecule has 10 aliphatic rings. The summed E-state index contributed by atoms with van der Waals surface area (Å²) in [5.41, 5.74) is 13.5. The summed E-state index contributed by atoms with van der Waals surface area (Å²) in [6.45, 7) is 20.0. The molecule has 14 rings (SSSR count). The molecule has 10 atom stereocenters. The normalized spacial score (nSPS) is 37.7. The lowest BCUT2D eigenvalue weighted by atomic mass is 9.42. The molecule has 3 N–H and O–H groups in total. The Bertz CT molecular complexity index is 2250. The Morgan fingerprint density at radius 3 is 2.00 bits per heavy atom. The Hall–Kier alpha value is -2.78. The van der Waals surface area contributed by atoms with Gasteiger partial charge in [-0.25, -0.2) is 9.97 Å². The SMILES string of the molecule is CC1(C)C2CCC(CN3CCC(n4c(C5(N)CCC(C6CC7CC(C6CN6CCC(n8c(C9CCCNC9)nc9ccccc98)CC6)C7(C)C)C5)nc5ccccc54)CC3)C1C2. The monoisotopic (exact) mass is 839 g/mol. The number of fused-ring (bicyclic) bond motifs is 6. The summed E-state index contributed by atoms with van der Waals surface area (Å²) >= 11 is 0. The van der Waals surface area contributed by atoms with Crippen molar-refractivity contribution in [3.8, 4) is 0 Å². The number of nitrogens with one attached hydrogen (secondary N) is 1. The van der Waals surface area contributed by atoms with Crippen molar-refractivity contribution in [1.82, 2.24) is 34.2 Å². The third kappa shape index (κ3) is 6.63. The number of nitrogens with two attached hydrogens (primary N) is 1. The van der Waals surface area contributed by atoms with E-state index in [1.54, 1.807) is 0 Å². The summed E-state index contributed by atoms with van der Waals surface area (Å²) in [5, 5.41) is 3.68. The number of aromatic nitrogens is 4. The Morgan fingerprint density at radius 1 is 0.677 bits per heavy atom. The molecule has 10 fully saturated rings. The van der Waals surface area contributed by atoms with Gasteiger partial charge in [0.1, 0.15) is 11.6 Å². The second-order valence-electron chi connectivity index (χ2n) is 24.0. The molecule has 7 aliphatic carbocycles. The fourth-order valence-electron chi connectivity index (χ4n) is 16.6. The van der Waals surface area contributed by atoms with Crippen LogP contribution in [0.2, 0.25) is 0 Å². The Morgan fingerprint density at radius 2 is 1.32 bits per heavy atom. The zero-order valence-electron chi connectivity index (χ0n) is 38.8. The van der Waals surface area contributed by atoms with E-state index < -0.39 is 0 Å². The number of likely N-dealkylation sites (tertiary alicyclic amines) is 2. The maximum absolute atomic E-state index is 7.83. The van der Waals surface area contributed by atoms with E-state index in [9.17, 15) is 0 Å². The summed E-state index contributed by atoms with van der Waals surface area (Å²) < 4.78 is 5.39. The number of rotatable bonds is 9. The highest BCUT2D eigenvalue weighted by Crippen LogP contribution is 2.66. The number of hydrogen-bond donors (Lipinski definition) is 2. The van der Waals surface area contributed by atoms with Crippen molar-refractivity contribution in [3.63, 3.8) is 0 Å². The molecule has 0 spiro atoms. The first kappa shape index (κ1) is 40.7. The quantitative estimate of drug-likeness (QED) is 0.175. The van der Waals surface area contributed by atoms with Gasteiger partial charge in [0.2, 0.25) is 0 Å². The van der Waals surface area contributed by atoms with Crippen LogP contribution >= 0.6 is 0 Å². The van der Waals surface area contributed by atoms with Crippen molar-refractivity contribution in [1.29, 1.82) is 0 Å². The summed E-state index contributed by atoms with van der Waals surface area (Å²) in [4.78, 5) is 16.6. The van der Waals surface area contributed by atoms with Gasteiger partial charge in [0, 0.05) is 63.8 Å². The third-order valence-corrected chi connectivity index (χ3v) is 20.5. The van der Waals surface area contributed by atoms with E-state index in [1.165, 1.54) is 145 Å². The van der Waals surface area contributed by atoms with Gasteiger partial charge in [-0.2, -0.15) is 0 Å². The molecule has 3 aliphatic heterocycles. The molecular weight excluding hydrogens is 761 g/mol. The zero-order chi connectivity index (χ0) is 42.0. The summed E-state index contributed by atoms with van der Waals surface area (Å²) in [7, 11) is 0. The number of imidazole rings is 2. The van der Waals surface area contributed by atoms with Crippen LogP contribution in [0.15, 0.2) is 48.5 Å². The predicted octanol–water partition coefficient (Wildman–Crippen LogP) is 10.2. The molecule has 0 radical (unpaired) electrons. The highest BCUT2D eigenvalue weighted by Gasteiger charge is 2.60. The van der Waals surface area contributed by atoms with Gasteiger partial charge in [0.15, 0.2) is 0 Å². The van der Waals surface area contributed by atoms with Crippen molar-refractivity contribution in [3.05, 3.63) is 60.2 Å². The van der Waals surface area contributed by atoms with E-state index in [2.05, 4.69) is 100 Å². The first-order valence-corrected chi connectivity index (χ1v) is 25.9. The highest BCUT2D eigenvalue weighted by molar-refractivity contribution is 5.77. The Kier molecular flexibility index (Phi) is 10.1. The molecule has 5 heterocycles. The van der Waals surface area contributed by atoms with Gasteiger partial charge in [0.25, 0.3) is 0 Å². The number of benzene rings is 2. The molecule has 334 valence electrons. The molecule has 7 saturated carbocycles. The fourth-order valence-corrected chi connectivity index (χ4v) is 16.6. The van der Waals surface area contributed by atoms with E-state index in [0.717, 1.165) is 72.9 Å². The van der Waals surface area contributed by atoms with Gasteiger partial charge >= 0.3 is 0 Å². The maximum Gasteiger partial charge on any atom is 0.130 e. The van der Waals surface area contributed by atoms with E-state index in [0.29, 0.717) is 34.7 Å². The van der Waals surface area contributed by atoms with Crippen LogP contribution in [0.1, 0.15) is 147 Å². The second-order valence-corrected chi connectivity index (χ2v) is 24.0. The van der Waals surface area contributed by atoms with Crippen LogP contribution in [0.3, 0.4) is 0 Å². The number of para-hydroxylation sites is 4. The van der Waals surface area contributed by atoms with Gasteiger partial charge in [-0.05, 0) is 179 Å². The Balaban J connectivity index is 0.746. The van der Waals surface area contributed by atoms with Crippen LogP contribution in [0, 0.1) is 58.2 Å². The molecule has 2 aromatic heterocycles. The van der Waals surface area contributed by atoms with E-state index in [1.807, 2.05) is 0 Å². The lowest BCUT2D eigenvalue weighted by Crippen LogP contribution is -2.59. The average molecular weight is 839 g/mol. The van der Waals surface area contributed by atoms with Gasteiger partial charge in [-0.15, -0.1) is 0 Å². The molecule has 3 saturated heterocycles. The average Bonchev–Trinajstić information content (AvgIpc) is 4.01. The smallest absolute Gasteiger partial charge is 0.130 e. The molecule has 4 bridgehead atoms. The second kappa shape index (κ2) is 15.4. The molecule has 8 nitrogen and oxygen atoms in total. The molecule has 4 aromatic rings. The molecule has 2 aromatic carbocycles. The van der Waals surface area contributed by atoms with Crippen molar-refractivity contribution in [2.45, 2.75) is 141 Å². The van der Waals surface area contributed by atoms with Gasteiger partial charge < -0.3 is 30.0 Å². The van der Waals surface area contributed by atoms with Crippen LogP contribution < -0.4 is 11.1 Å². The van der Waals surface area contributed by atoms with Crippen LogP contribution in [-0.2, 0) is 5.54 Å². The van der Waals surface area contributed by atoms with Crippen molar-refractivity contribution in [2.75, 3.05) is 52.4 Å². The van der Waals surface area contributed by atoms with Crippen LogP contribution in [0.4, 0.5) is 0 Å². The predicted molar refractivity (Wildman–Crippen MR) is 252 cm³/mol. The first-order chi connectivity index (χ1) is 30.0. The van der Waals surface area contributed by atoms with E-state index in [-0.39, 0.29) is 5.54 Å². The molecular formula is C54H78N8. The van der Waals surface area contributed by atoms with Crippen LogP contribution in [0.5, 0.6) is 0 Å². The molecule has 0 amide bonds. The van der Waals surface area contributed by atoms with Crippen molar-refractivity contribution < 1.29 is 0 Å². The maximum atomic E-state index is 7.83. The topological polar surface area (TPSA) is 80.2 Å². The lowest BCUT2D eigenvalue weighted by Gasteiger charge is -2.64. The number of piperidine rings is 3. The van der Waals surface area contributed by atoms with E-state index >= 15 is 0 Å². The van der Waals surface area contributed by atoms with Crippen molar-refractivity contribution >= 4 is 22.1 Å². The largest absolute Gasteiger partial charge is 0.324 e. The van der Waals surface area contributed by atoms with Gasteiger partial charge in [0.05, 0.1) is 27.6 Å². The van der Waals surface area contributed by atoms with Crippen LogP contribution in [0.25, 0.3) is 22.1 Å². The summed E-state index contributed by atoms with van der Waals surface area (Å²) in [6, 6.07) is 19.0. The minimum atomic E-state index is -0.353. The Labute approximate surface area is 372 Å². The molecule has 10 unspecified atom stereocenters. The lowest BCUT2D eigenvalue weighted by molar-refractivity contribution is -0.153. The fraction of sp³-hybridized carbons (Fsp3) is 0.741.